The second-order valence-corrected chi connectivity index (χ2v) is 7.68. The van der Waals surface area contributed by atoms with Crippen molar-refractivity contribution in [2.24, 2.45) is 0 Å². The first-order valence-electron chi connectivity index (χ1n) is 10.8. The average molecular weight is 448 g/mol. The number of likely N-dealkylation sites (N-methyl/N-ethyl adjacent to an activating group) is 1. The van der Waals surface area contributed by atoms with E-state index in [1.807, 2.05) is 54.6 Å². The van der Waals surface area contributed by atoms with Crippen LogP contribution in [0.25, 0.3) is 0 Å². The van der Waals surface area contributed by atoms with Crippen LogP contribution < -0.4 is 9.47 Å². The molecule has 0 atom stereocenters. The second-order valence-electron chi connectivity index (χ2n) is 7.68. The molecular formula is C27H29NO5. The molecule has 0 heterocycles. The molecule has 3 aromatic rings. The van der Waals surface area contributed by atoms with Crippen molar-refractivity contribution in [1.29, 1.82) is 0 Å². The summed E-state index contributed by atoms with van der Waals surface area (Å²) >= 11 is 0. The highest BCUT2D eigenvalue weighted by Crippen LogP contribution is 2.25. The molecule has 6 heteroatoms. The molecule has 0 saturated heterocycles. The Morgan fingerprint density at radius 2 is 1.39 bits per heavy atom. The lowest BCUT2D eigenvalue weighted by Gasteiger charge is -2.18. The molecule has 0 bridgehead atoms. The molecule has 0 radical (unpaired) electrons. The van der Waals surface area contributed by atoms with Gasteiger partial charge in [-0.2, -0.15) is 0 Å². The molecule has 6 nitrogen and oxygen atoms in total. The lowest BCUT2D eigenvalue weighted by Crippen LogP contribution is -2.30. The highest BCUT2D eigenvalue weighted by molar-refractivity contribution is 5.79. The Balaban J connectivity index is 1.67. The van der Waals surface area contributed by atoms with Crippen LogP contribution in [0.15, 0.2) is 78.9 Å². The number of carbonyl (C=O) groups is 2. The van der Waals surface area contributed by atoms with Gasteiger partial charge in [-0.3, -0.25) is 4.79 Å². The van der Waals surface area contributed by atoms with Crippen molar-refractivity contribution in [1.82, 2.24) is 4.90 Å². The fraction of sp³-hybridized carbons (Fsp3) is 0.259. The monoisotopic (exact) mass is 447 g/mol. The van der Waals surface area contributed by atoms with Crippen molar-refractivity contribution in [3.05, 3.63) is 95.6 Å². The molecule has 0 saturated carbocycles. The summed E-state index contributed by atoms with van der Waals surface area (Å²) in [5.74, 6) is 0.519. The van der Waals surface area contributed by atoms with E-state index >= 15 is 0 Å². The molecule has 0 N–H and O–H groups in total. The maximum Gasteiger partial charge on any atom is 0.343 e. The lowest BCUT2D eigenvalue weighted by atomic mass is 10.1. The highest BCUT2D eigenvalue weighted by atomic mass is 16.6. The van der Waals surface area contributed by atoms with E-state index in [-0.39, 0.29) is 18.9 Å². The number of methoxy groups -OCH3 is 1. The van der Waals surface area contributed by atoms with Crippen LogP contribution in [0.3, 0.4) is 0 Å². The number of benzene rings is 3. The Hall–Kier alpha value is -3.80. The quantitative estimate of drug-likeness (QED) is 0.415. The average Bonchev–Trinajstić information content (AvgIpc) is 2.85. The normalized spacial score (nSPS) is 10.4. The van der Waals surface area contributed by atoms with Gasteiger partial charge in [0.2, 0.25) is 5.91 Å². The first-order chi connectivity index (χ1) is 16.0. The second kappa shape index (κ2) is 12.3. The van der Waals surface area contributed by atoms with Crippen LogP contribution >= 0.6 is 0 Å². The summed E-state index contributed by atoms with van der Waals surface area (Å²) in [5.41, 5.74) is 2.96. The molecule has 1 amide bonds. The van der Waals surface area contributed by atoms with Crippen molar-refractivity contribution in [2.75, 3.05) is 27.3 Å². The van der Waals surface area contributed by atoms with E-state index < -0.39 is 5.97 Å². The molecule has 3 aromatic carbocycles. The van der Waals surface area contributed by atoms with E-state index in [4.69, 9.17) is 9.47 Å². The van der Waals surface area contributed by atoms with Gasteiger partial charge in [0.1, 0.15) is 18.1 Å². The molecule has 172 valence electrons. The third kappa shape index (κ3) is 8.00. The molecule has 3 rings (SSSR count). The van der Waals surface area contributed by atoms with Gasteiger partial charge in [-0.15, -0.1) is 0 Å². The van der Waals surface area contributed by atoms with Gasteiger partial charge < -0.3 is 19.1 Å². The maximum absolute atomic E-state index is 12.8. The van der Waals surface area contributed by atoms with Crippen LogP contribution in [-0.4, -0.2) is 44.1 Å². The minimum absolute atomic E-state index is 0.00921. The molecule has 0 aliphatic rings. The number of ether oxygens (including phenoxy) is 3. The Bertz CT molecular complexity index is 1040. The van der Waals surface area contributed by atoms with Gasteiger partial charge in [0.25, 0.3) is 0 Å². The Kier molecular flexibility index (Phi) is 8.88. The zero-order chi connectivity index (χ0) is 23.5. The molecule has 33 heavy (non-hydrogen) atoms. The first kappa shape index (κ1) is 23.9. The first-order valence-corrected chi connectivity index (χ1v) is 10.8. The summed E-state index contributed by atoms with van der Waals surface area (Å²) in [6.07, 6.45) is 0.985. The van der Waals surface area contributed by atoms with Crippen LogP contribution in [0.2, 0.25) is 0 Å². The summed E-state index contributed by atoms with van der Waals surface area (Å²) in [6.45, 7) is 0.785. The molecule has 0 aliphatic heterocycles. The number of rotatable bonds is 11. The van der Waals surface area contributed by atoms with Crippen LogP contribution in [0.5, 0.6) is 11.5 Å². The van der Waals surface area contributed by atoms with Crippen molar-refractivity contribution >= 4 is 11.9 Å². The fourth-order valence-corrected chi connectivity index (χ4v) is 3.22. The smallest absolute Gasteiger partial charge is 0.343 e. The van der Waals surface area contributed by atoms with Crippen molar-refractivity contribution in [3.8, 4) is 11.5 Å². The molecule has 0 fully saturated rings. The molecular weight excluding hydrogens is 418 g/mol. The zero-order valence-corrected chi connectivity index (χ0v) is 19.0. The summed E-state index contributed by atoms with van der Waals surface area (Å²) in [5, 5.41) is 0. The Morgan fingerprint density at radius 1 is 0.788 bits per heavy atom. The van der Waals surface area contributed by atoms with Gasteiger partial charge in [-0.1, -0.05) is 60.7 Å². The number of hydrogen-bond acceptors (Lipinski definition) is 5. The van der Waals surface area contributed by atoms with E-state index in [2.05, 4.69) is 16.9 Å². The third-order valence-corrected chi connectivity index (χ3v) is 5.13. The van der Waals surface area contributed by atoms with Gasteiger partial charge in [0, 0.05) is 19.7 Å². The van der Waals surface area contributed by atoms with E-state index in [1.54, 1.807) is 24.1 Å². The van der Waals surface area contributed by atoms with Crippen LogP contribution in [0.1, 0.15) is 16.7 Å². The van der Waals surface area contributed by atoms with Crippen LogP contribution in [0, 0.1) is 0 Å². The lowest BCUT2D eigenvalue weighted by molar-refractivity contribution is -0.143. The van der Waals surface area contributed by atoms with E-state index in [9.17, 15) is 9.59 Å². The third-order valence-electron chi connectivity index (χ3n) is 5.13. The standard InChI is InChI=1S/C27H29NO5/c1-28(14-13-21-9-5-3-6-10-21)26(29)17-23-15-24(32-19-22-11-7-4-8-12-22)18-25(16-23)33-20-27(30)31-2/h3-12,15-16,18H,13-14,17,19-20H2,1-2H3. The summed E-state index contributed by atoms with van der Waals surface area (Å²) in [4.78, 5) is 26.0. The fourth-order valence-electron chi connectivity index (χ4n) is 3.22. The van der Waals surface area contributed by atoms with Crippen molar-refractivity contribution in [3.63, 3.8) is 0 Å². The minimum atomic E-state index is -0.483. The largest absolute Gasteiger partial charge is 0.489 e. The summed E-state index contributed by atoms with van der Waals surface area (Å²) in [7, 11) is 3.11. The predicted octanol–water partition coefficient (Wildman–Crippen LogP) is 4.06. The Labute approximate surface area is 194 Å². The zero-order valence-electron chi connectivity index (χ0n) is 19.0. The number of esters is 1. The highest BCUT2D eigenvalue weighted by Gasteiger charge is 2.13. The molecule has 0 spiro atoms. The van der Waals surface area contributed by atoms with Crippen molar-refractivity contribution < 1.29 is 23.8 Å². The predicted molar refractivity (Wildman–Crippen MR) is 126 cm³/mol. The van der Waals surface area contributed by atoms with Crippen molar-refractivity contribution in [2.45, 2.75) is 19.4 Å². The number of amides is 1. The van der Waals surface area contributed by atoms with Gasteiger partial charge >= 0.3 is 5.97 Å². The topological polar surface area (TPSA) is 65.1 Å². The van der Waals surface area contributed by atoms with E-state index in [1.165, 1.54) is 12.7 Å². The SMILES string of the molecule is COC(=O)COc1cc(CC(=O)N(C)CCc2ccccc2)cc(OCc2ccccc2)c1. The molecule has 0 unspecified atom stereocenters. The van der Waals surface area contributed by atoms with Crippen LogP contribution in [-0.2, 0) is 33.8 Å². The van der Waals surface area contributed by atoms with Gasteiger partial charge in [0.05, 0.1) is 13.5 Å². The van der Waals surface area contributed by atoms with Gasteiger partial charge in [-0.05, 0) is 35.2 Å². The Morgan fingerprint density at radius 3 is 2.03 bits per heavy atom. The summed E-state index contributed by atoms with van der Waals surface area (Å²) in [6, 6.07) is 25.2. The number of carbonyl (C=O) groups excluding carboxylic acids is 2. The number of nitrogens with zero attached hydrogens (tertiary/aromatic N) is 1. The number of hydrogen-bond donors (Lipinski definition) is 0. The molecule has 0 aromatic heterocycles. The van der Waals surface area contributed by atoms with E-state index in [0.29, 0.717) is 24.7 Å². The molecule has 0 aliphatic carbocycles. The van der Waals surface area contributed by atoms with E-state index in [0.717, 1.165) is 17.5 Å². The minimum Gasteiger partial charge on any atom is -0.489 e. The van der Waals surface area contributed by atoms with Gasteiger partial charge in [-0.25, -0.2) is 4.79 Å². The maximum atomic E-state index is 12.8. The van der Waals surface area contributed by atoms with Crippen LogP contribution in [0.4, 0.5) is 0 Å². The van der Waals surface area contributed by atoms with Gasteiger partial charge in [0.15, 0.2) is 6.61 Å². The summed E-state index contributed by atoms with van der Waals surface area (Å²) < 4.78 is 16.1.